The van der Waals surface area contributed by atoms with E-state index < -0.39 is 30.2 Å². The molecule has 1 atom stereocenters. The van der Waals surface area contributed by atoms with Gasteiger partial charge in [0.1, 0.15) is 0 Å². The van der Waals surface area contributed by atoms with Crippen molar-refractivity contribution in [2.75, 3.05) is 11.9 Å². The molecule has 1 rings (SSSR count). The van der Waals surface area contributed by atoms with Crippen molar-refractivity contribution in [3.63, 3.8) is 0 Å². The Bertz CT molecular complexity index is 538. The summed E-state index contributed by atoms with van der Waals surface area (Å²) in [4.78, 5) is 61.2. The predicted octanol–water partition coefficient (Wildman–Crippen LogP) is 1.16. The maximum Gasteiger partial charge on any atom is 0.537 e. The van der Waals surface area contributed by atoms with E-state index in [0.29, 0.717) is 24.4 Å². The summed E-state index contributed by atoms with van der Waals surface area (Å²) in [5.74, 6) is -1.93. The van der Waals surface area contributed by atoms with Crippen LogP contribution in [0.1, 0.15) is 45.4 Å². The van der Waals surface area contributed by atoms with Crippen LogP contribution in [-0.4, -0.2) is 53.1 Å². The van der Waals surface area contributed by atoms with Gasteiger partial charge in [-0.3, -0.25) is 24.0 Å². The van der Waals surface area contributed by atoms with Crippen molar-refractivity contribution in [1.29, 1.82) is 0 Å². The fourth-order valence-electron chi connectivity index (χ4n) is 2.00. The van der Waals surface area contributed by atoms with Gasteiger partial charge in [-0.05, 0) is 12.8 Å². The fourth-order valence-corrected chi connectivity index (χ4v) is 2.20. The number of hydroxylamine groups is 2. The first kappa shape index (κ1) is 21.9. The molecule has 0 radical (unpaired) electrons. The highest BCUT2D eigenvalue weighted by Crippen LogP contribution is 2.13. The zero-order valence-corrected chi connectivity index (χ0v) is 15.9. The summed E-state index contributed by atoms with van der Waals surface area (Å²) in [5, 5.41) is 3.27. The molecule has 0 aromatic heterocycles. The number of alkyl halides is 1. The van der Waals surface area contributed by atoms with Crippen LogP contribution >= 0.6 is 15.9 Å². The molecule has 26 heavy (non-hydrogen) atoms. The minimum absolute atomic E-state index is 0.0313. The van der Waals surface area contributed by atoms with Crippen molar-refractivity contribution in [3.05, 3.63) is 0 Å². The van der Waals surface area contributed by atoms with Gasteiger partial charge in [0.2, 0.25) is 12.2 Å². The first-order chi connectivity index (χ1) is 12.3. The highest BCUT2D eigenvalue weighted by Gasteiger charge is 2.34. The average molecular weight is 437 g/mol. The molecule has 1 aliphatic heterocycles. The Labute approximate surface area is 158 Å². The van der Waals surface area contributed by atoms with Crippen molar-refractivity contribution < 1.29 is 38.3 Å². The first-order valence-electron chi connectivity index (χ1n) is 8.10. The SMILES string of the molecule is CC(OC(=O)CCCCCNC(=O)CBr)OC(=O)ON1C(=O)CCC1=O. The second-order valence-corrected chi connectivity index (χ2v) is 5.95. The van der Waals surface area contributed by atoms with E-state index in [1.54, 1.807) is 0 Å². The van der Waals surface area contributed by atoms with E-state index in [-0.39, 0.29) is 30.5 Å². The number of hydrogen-bond acceptors (Lipinski definition) is 8. The van der Waals surface area contributed by atoms with Gasteiger partial charge in [-0.15, -0.1) is 0 Å². The molecule has 10 nitrogen and oxygen atoms in total. The number of hydrogen-bond donors (Lipinski definition) is 1. The molecule has 3 amide bonds. The molecule has 1 unspecified atom stereocenters. The molecule has 1 saturated heterocycles. The lowest BCUT2D eigenvalue weighted by atomic mass is 10.2. The Morgan fingerprint density at radius 1 is 1.12 bits per heavy atom. The normalized spacial score (nSPS) is 14.8. The number of unbranched alkanes of at least 4 members (excludes halogenated alkanes) is 2. The number of esters is 1. The molecule has 146 valence electrons. The van der Waals surface area contributed by atoms with E-state index >= 15 is 0 Å². The monoisotopic (exact) mass is 436 g/mol. The van der Waals surface area contributed by atoms with E-state index in [0.717, 1.165) is 6.42 Å². The molecular weight excluding hydrogens is 416 g/mol. The van der Waals surface area contributed by atoms with Crippen LogP contribution in [0.25, 0.3) is 0 Å². The van der Waals surface area contributed by atoms with Crippen LogP contribution in [0.3, 0.4) is 0 Å². The molecule has 11 heteroatoms. The molecule has 0 saturated carbocycles. The number of rotatable bonds is 10. The van der Waals surface area contributed by atoms with Gasteiger partial charge in [-0.2, -0.15) is 0 Å². The smallest absolute Gasteiger partial charge is 0.425 e. The van der Waals surface area contributed by atoms with Gasteiger partial charge < -0.3 is 14.8 Å². The van der Waals surface area contributed by atoms with E-state index in [2.05, 4.69) is 30.8 Å². The Hall–Kier alpha value is -2.17. The largest absolute Gasteiger partial charge is 0.537 e. The van der Waals surface area contributed by atoms with Gasteiger partial charge in [0.25, 0.3) is 11.8 Å². The second-order valence-electron chi connectivity index (χ2n) is 5.39. The van der Waals surface area contributed by atoms with Crippen LogP contribution in [0.5, 0.6) is 0 Å². The Balaban J connectivity index is 2.14. The van der Waals surface area contributed by atoms with Crippen molar-refractivity contribution in [2.24, 2.45) is 0 Å². The molecule has 0 aromatic carbocycles. The number of carbonyl (C=O) groups is 5. The van der Waals surface area contributed by atoms with Crippen molar-refractivity contribution >= 4 is 45.8 Å². The second kappa shape index (κ2) is 11.4. The lowest BCUT2D eigenvalue weighted by Crippen LogP contribution is -2.34. The standard InChI is InChI=1S/C15H21BrN2O8/c1-10(25-15(23)26-18-12(20)6-7-13(18)21)24-14(22)5-3-2-4-8-17-11(19)9-16/h10H,2-9H2,1H3,(H,17,19). The summed E-state index contributed by atoms with van der Waals surface area (Å²) in [6.07, 6.45) is -0.476. The first-order valence-corrected chi connectivity index (χ1v) is 9.22. The summed E-state index contributed by atoms with van der Waals surface area (Å²) < 4.78 is 9.54. The molecule has 0 spiro atoms. The minimum atomic E-state index is -1.31. The van der Waals surface area contributed by atoms with Crippen LogP contribution in [0.15, 0.2) is 0 Å². The number of amides is 3. The highest BCUT2D eigenvalue weighted by molar-refractivity contribution is 9.09. The third kappa shape index (κ3) is 8.28. The molecule has 0 aliphatic carbocycles. The Morgan fingerprint density at radius 3 is 2.38 bits per heavy atom. The molecular formula is C15H21BrN2O8. The Kier molecular flexibility index (Phi) is 9.63. The van der Waals surface area contributed by atoms with Crippen LogP contribution < -0.4 is 5.32 Å². The van der Waals surface area contributed by atoms with Gasteiger partial charge in [-0.25, -0.2) is 4.79 Å². The highest BCUT2D eigenvalue weighted by atomic mass is 79.9. The maximum absolute atomic E-state index is 11.6. The molecule has 0 aromatic rings. The van der Waals surface area contributed by atoms with Crippen LogP contribution in [0.4, 0.5) is 4.79 Å². The predicted molar refractivity (Wildman–Crippen MR) is 89.5 cm³/mol. The molecule has 1 aliphatic rings. The van der Waals surface area contributed by atoms with E-state index in [1.165, 1.54) is 6.92 Å². The average Bonchev–Trinajstić information content (AvgIpc) is 2.89. The van der Waals surface area contributed by atoms with Crippen molar-refractivity contribution in [3.8, 4) is 0 Å². The van der Waals surface area contributed by atoms with Crippen molar-refractivity contribution in [2.45, 2.75) is 51.7 Å². The van der Waals surface area contributed by atoms with E-state index in [9.17, 15) is 24.0 Å². The summed E-state index contributed by atoms with van der Waals surface area (Å²) >= 11 is 3.03. The van der Waals surface area contributed by atoms with E-state index in [1.807, 2.05) is 0 Å². The zero-order chi connectivity index (χ0) is 19.5. The number of nitrogens with zero attached hydrogens (tertiary/aromatic N) is 1. The number of imide groups is 1. The van der Waals surface area contributed by atoms with Gasteiger partial charge in [0.05, 0.1) is 5.33 Å². The van der Waals surface area contributed by atoms with Crippen LogP contribution in [0.2, 0.25) is 0 Å². The van der Waals surface area contributed by atoms with Gasteiger partial charge >= 0.3 is 12.1 Å². The topological polar surface area (TPSA) is 128 Å². The number of nitrogens with one attached hydrogen (secondary N) is 1. The summed E-state index contributed by atoms with van der Waals surface area (Å²) in [6, 6.07) is 0. The quantitative estimate of drug-likeness (QED) is 0.177. The van der Waals surface area contributed by atoms with Gasteiger partial charge in [0, 0.05) is 32.7 Å². The zero-order valence-electron chi connectivity index (χ0n) is 14.3. The van der Waals surface area contributed by atoms with Crippen LogP contribution in [-0.2, 0) is 33.5 Å². The minimum Gasteiger partial charge on any atom is -0.425 e. The number of halogens is 1. The third-order valence-corrected chi connectivity index (χ3v) is 3.74. The third-order valence-electron chi connectivity index (χ3n) is 3.23. The Morgan fingerprint density at radius 2 is 1.77 bits per heavy atom. The fraction of sp³-hybridized carbons (Fsp3) is 0.667. The summed E-state index contributed by atoms with van der Waals surface area (Å²) in [7, 11) is 0. The summed E-state index contributed by atoms with van der Waals surface area (Å²) in [6.45, 7) is 1.83. The lowest BCUT2D eigenvalue weighted by molar-refractivity contribution is -0.191. The maximum atomic E-state index is 11.6. The lowest BCUT2D eigenvalue weighted by Gasteiger charge is -2.16. The van der Waals surface area contributed by atoms with Gasteiger partial charge in [0.15, 0.2) is 0 Å². The van der Waals surface area contributed by atoms with E-state index in [4.69, 9.17) is 4.74 Å². The van der Waals surface area contributed by atoms with Crippen LogP contribution in [0, 0.1) is 0 Å². The molecule has 1 N–H and O–H groups in total. The number of carbonyl (C=O) groups excluding carboxylic acids is 5. The molecule has 1 fully saturated rings. The summed E-state index contributed by atoms with van der Waals surface area (Å²) in [5.41, 5.74) is 0. The van der Waals surface area contributed by atoms with Gasteiger partial charge in [-0.1, -0.05) is 27.4 Å². The number of ether oxygens (including phenoxy) is 2. The molecule has 0 bridgehead atoms. The van der Waals surface area contributed by atoms with Crippen molar-refractivity contribution in [1.82, 2.24) is 10.4 Å². The molecule has 1 heterocycles.